The zero-order valence-electron chi connectivity index (χ0n) is 12.0. The lowest BCUT2D eigenvalue weighted by Gasteiger charge is -2.37. The summed E-state index contributed by atoms with van der Waals surface area (Å²) >= 11 is 0. The van der Waals surface area contributed by atoms with Gasteiger partial charge in [-0.1, -0.05) is 13.8 Å². The van der Waals surface area contributed by atoms with E-state index < -0.39 is 0 Å². The Labute approximate surface area is 107 Å². The van der Waals surface area contributed by atoms with Crippen LogP contribution in [0.3, 0.4) is 0 Å². The lowest BCUT2D eigenvalue weighted by atomic mass is 9.91. The van der Waals surface area contributed by atoms with Crippen molar-refractivity contribution in [3.8, 4) is 0 Å². The highest BCUT2D eigenvalue weighted by Crippen LogP contribution is 2.47. The van der Waals surface area contributed by atoms with Gasteiger partial charge in [-0.25, -0.2) is 0 Å². The molecule has 0 aromatic heterocycles. The molecule has 2 atom stereocenters. The van der Waals surface area contributed by atoms with E-state index in [4.69, 9.17) is 4.74 Å². The topological polar surface area (TPSA) is 12.5 Å². The standard InChI is InChI=1S/C15H29NO/c1-12(2)17-11-15(5-6-15)10-16-8-13(3)7-14(4)9-16/h12-14H,5-11H2,1-4H3. The summed E-state index contributed by atoms with van der Waals surface area (Å²) in [5.41, 5.74) is 0.515. The Morgan fingerprint density at radius 3 is 2.24 bits per heavy atom. The summed E-state index contributed by atoms with van der Waals surface area (Å²) in [4.78, 5) is 2.69. The lowest BCUT2D eigenvalue weighted by molar-refractivity contribution is 0.0215. The lowest BCUT2D eigenvalue weighted by Crippen LogP contribution is -2.42. The van der Waals surface area contributed by atoms with Crippen molar-refractivity contribution >= 4 is 0 Å². The molecule has 100 valence electrons. The summed E-state index contributed by atoms with van der Waals surface area (Å²) in [6.07, 6.45) is 4.54. The number of nitrogens with zero attached hydrogens (tertiary/aromatic N) is 1. The predicted octanol–water partition coefficient (Wildman–Crippen LogP) is 3.17. The minimum absolute atomic E-state index is 0.381. The van der Waals surface area contributed by atoms with E-state index in [0.717, 1.165) is 18.4 Å². The van der Waals surface area contributed by atoms with Gasteiger partial charge in [0.05, 0.1) is 12.7 Å². The van der Waals surface area contributed by atoms with Gasteiger partial charge >= 0.3 is 0 Å². The van der Waals surface area contributed by atoms with Gasteiger partial charge in [0, 0.05) is 25.0 Å². The highest BCUT2D eigenvalue weighted by atomic mass is 16.5. The second-order valence-corrected chi connectivity index (χ2v) is 7.00. The van der Waals surface area contributed by atoms with E-state index in [1.807, 2.05) is 0 Å². The van der Waals surface area contributed by atoms with Crippen LogP contribution in [0.25, 0.3) is 0 Å². The zero-order valence-corrected chi connectivity index (χ0v) is 12.0. The summed E-state index contributed by atoms with van der Waals surface area (Å²) in [5.74, 6) is 1.75. The fourth-order valence-electron chi connectivity index (χ4n) is 3.26. The van der Waals surface area contributed by atoms with Gasteiger partial charge in [0.2, 0.25) is 0 Å². The monoisotopic (exact) mass is 239 g/mol. The Morgan fingerprint density at radius 1 is 1.18 bits per heavy atom. The number of piperidine rings is 1. The molecule has 17 heavy (non-hydrogen) atoms. The first kappa shape index (κ1) is 13.4. The first-order valence-electron chi connectivity index (χ1n) is 7.33. The highest BCUT2D eigenvalue weighted by Gasteiger charge is 2.44. The Bertz CT molecular complexity index is 237. The molecule has 0 aromatic carbocycles. The molecule has 0 bridgehead atoms. The molecule has 0 aromatic rings. The second-order valence-electron chi connectivity index (χ2n) is 7.00. The third-order valence-corrected chi connectivity index (χ3v) is 4.18. The van der Waals surface area contributed by atoms with E-state index in [9.17, 15) is 0 Å². The Morgan fingerprint density at radius 2 is 1.76 bits per heavy atom. The molecule has 1 saturated heterocycles. The van der Waals surface area contributed by atoms with Crippen LogP contribution in [0, 0.1) is 17.3 Å². The molecule has 0 spiro atoms. The summed E-state index contributed by atoms with van der Waals surface area (Å²) in [6, 6.07) is 0. The van der Waals surface area contributed by atoms with Gasteiger partial charge in [-0.05, 0) is 44.9 Å². The molecule has 2 rings (SSSR count). The zero-order chi connectivity index (χ0) is 12.5. The number of likely N-dealkylation sites (tertiary alicyclic amines) is 1. The minimum Gasteiger partial charge on any atom is -0.378 e. The van der Waals surface area contributed by atoms with Crippen molar-refractivity contribution in [2.24, 2.45) is 17.3 Å². The van der Waals surface area contributed by atoms with Crippen LogP contribution in [0.15, 0.2) is 0 Å². The average molecular weight is 239 g/mol. The van der Waals surface area contributed by atoms with Crippen molar-refractivity contribution in [1.29, 1.82) is 0 Å². The molecule has 0 amide bonds. The van der Waals surface area contributed by atoms with E-state index >= 15 is 0 Å². The fourth-order valence-corrected chi connectivity index (χ4v) is 3.26. The summed E-state index contributed by atoms with van der Waals surface area (Å²) in [6.45, 7) is 13.9. The number of rotatable bonds is 5. The highest BCUT2D eigenvalue weighted by molar-refractivity contribution is 4.96. The fraction of sp³-hybridized carbons (Fsp3) is 1.00. The van der Waals surface area contributed by atoms with Crippen LogP contribution < -0.4 is 0 Å². The molecular formula is C15H29NO. The summed E-state index contributed by atoms with van der Waals surface area (Å²) in [5, 5.41) is 0. The third-order valence-electron chi connectivity index (χ3n) is 4.18. The van der Waals surface area contributed by atoms with Gasteiger partial charge in [0.15, 0.2) is 0 Å². The molecule has 1 heterocycles. The van der Waals surface area contributed by atoms with Gasteiger partial charge in [-0.15, -0.1) is 0 Å². The van der Waals surface area contributed by atoms with Crippen LogP contribution in [0.2, 0.25) is 0 Å². The maximum absolute atomic E-state index is 5.84. The van der Waals surface area contributed by atoms with Gasteiger partial charge in [0.1, 0.15) is 0 Å². The summed E-state index contributed by atoms with van der Waals surface area (Å²) in [7, 11) is 0. The van der Waals surface area contributed by atoms with Gasteiger partial charge < -0.3 is 9.64 Å². The van der Waals surface area contributed by atoms with Gasteiger partial charge in [-0.2, -0.15) is 0 Å². The van der Waals surface area contributed by atoms with Crippen molar-refractivity contribution < 1.29 is 4.74 Å². The van der Waals surface area contributed by atoms with E-state index in [0.29, 0.717) is 11.5 Å². The molecule has 0 N–H and O–H groups in total. The quantitative estimate of drug-likeness (QED) is 0.730. The molecule has 1 aliphatic heterocycles. The van der Waals surface area contributed by atoms with Crippen molar-refractivity contribution in [2.45, 2.75) is 53.1 Å². The van der Waals surface area contributed by atoms with Crippen LogP contribution in [-0.2, 0) is 4.74 Å². The third kappa shape index (κ3) is 3.96. The van der Waals surface area contributed by atoms with Crippen molar-refractivity contribution in [3.63, 3.8) is 0 Å². The Hall–Kier alpha value is -0.0800. The van der Waals surface area contributed by atoms with E-state index in [2.05, 4.69) is 32.6 Å². The normalized spacial score (nSPS) is 33.0. The molecule has 2 unspecified atom stereocenters. The Balaban J connectivity index is 1.79. The van der Waals surface area contributed by atoms with Crippen molar-refractivity contribution in [3.05, 3.63) is 0 Å². The maximum Gasteiger partial charge on any atom is 0.0538 e. The summed E-state index contributed by atoms with van der Waals surface area (Å²) < 4.78 is 5.84. The average Bonchev–Trinajstić information content (AvgIpc) is 2.94. The van der Waals surface area contributed by atoms with Gasteiger partial charge in [0.25, 0.3) is 0 Å². The van der Waals surface area contributed by atoms with E-state index in [1.54, 1.807) is 0 Å². The first-order chi connectivity index (χ1) is 7.99. The molecule has 2 aliphatic rings. The van der Waals surface area contributed by atoms with Crippen LogP contribution in [-0.4, -0.2) is 37.2 Å². The molecule has 1 saturated carbocycles. The first-order valence-corrected chi connectivity index (χ1v) is 7.33. The smallest absolute Gasteiger partial charge is 0.0538 e. The van der Waals surface area contributed by atoms with Crippen LogP contribution in [0.5, 0.6) is 0 Å². The number of hydrogen-bond donors (Lipinski definition) is 0. The minimum atomic E-state index is 0.381. The van der Waals surface area contributed by atoms with Crippen LogP contribution in [0.4, 0.5) is 0 Å². The Kier molecular flexibility index (Phi) is 4.14. The van der Waals surface area contributed by atoms with Crippen molar-refractivity contribution in [2.75, 3.05) is 26.2 Å². The predicted molar refractivity (Wildman–Crippen MR) is 72.1 cm³/mol. The molecule has 2 heteroatoms. The second kappa shape index (κ2) is 5.27. The van der Waals surface area contributed by atoms with Crippen molar-refractivity contribution in [1.82, 2.24) is 4.90 Å². The van der Waals surface area contributed by atoms with Gasteiger partial charge in [-0.3, -0.25) is 0 Å². The molecule has 2 nitrogen and oxygen atoms in total. The number of hydrogen-bond acceptors (Lipinski definition) is 2. The SMILES string of the molecule is CC1CC(C)CN(CC2(COC(C)C)CC2)C1. The molecule has 0 radical (unpaired) electrons. The maximum atomic E-state index is 5.84. The molecular weight excluding hydrogens is 210 g/mol. The van der Waals surface area contributed by atoms with E-state index in [1.165, 1.54) is 38.9 Å². The van der Waals surface area contributed by atoms with E-state index in [-0.39, 0.29) is 0 Å². The molecule has 2 fully saturated rings. The van der Waals surface area contributed by atoms with Crippen LogP contribution in [0.1, 0.15) is 47.0 Å². The largest absolute Gasteiger partial charge is 0.378 e. The molecule has 1 aliphatic carbocycles. The van der Waals surface area contributed by atoms with Crippen LogP contribution >= 0.6 is 0 Å². The number of ether oxygens (including phenoxy) is 1.